The molecule has 4 nitrogen and oxygen atoms in total. The summed E-state index contributed by atoms with van der Waals surface area (Å²) in [6.45, 7) is 5.80. The number of hydrogen-bond donors (Lipinski definition) is 1. The molecule has 4 heteroatoms. The zero-order valence-corrected chi connectivity index (χ0v) is 12.0. The quantitative estimate of drug-likeness (QED) is 0.832. The van der Waals surface area contributed by atoms with Crippen LogP contribution in [0.3, 0.4) is 0 Å². The number of furan rings is 1. The third kappa shape index (κ3) is 3.38. The Morgan fingerprint density at radius 3 is 2.95 bits per heavy atom. The molecule has 0 amide bonds. The molecular weight excluding hydrogens is 242 g/mol. The second-order valence-electron chi connectivity index (χ2n) is 5.47. The maximum atomic E-state index is 11.5. The molecule has 2 rings (SSSR count). The molecule has 1 aliphatic rings. The van der Waals surface area contributed by atoms with Crippen molar-refractivity contribution in [3.05, 3.63) is 23.2 Å². The van der Waals surface area contributed by atoms with Crippen LogP contribution in [0.4, 0.5) is 0 Å². The van der Waals surface area contributed by atoms with Gasteiger partial charge in [-0.2, -0.15) is 0 Å². The molecule has 0 saturated heterocycles. The molecule has 0 bridgehead atoms. The van der Waals surface area contributed by atoms with Gasteiger partial charge in [0.2, 0.25) is 0 Å². The van der Waals surface area contributed by atoms with E-state index in [1.807, 2.05) is 0 Å². The van der Waals surface area contributed by atoms with Crippen LogP contribution >= 0.6 is 0 Å². The summed E-state index contributed by atoms with van der Waals surface area (Å²) >= 11 is 0. The average Bonchev–Trinajstić information content (AvgIpc) is 2.96. The minimum Gasteiger partial charge on any atom is -0.465 e. The molecule has 1 aromatic heterocycles. The summed E-state index contributed by atoms with van der Waals surface area (Å²) in [5, 5.41) is 3.43. The molecule has 1 fully saturated rings. The highest BCUT2D eigenvalue weighted by Gasteiger charge is 2.23. The first-order valence-electron chi connectivity index (χ1n) is 7.00. The summed E-state index contributed by atoms with van der Waals surface area (Å²) in [6.07, 6.45) is 4.01. The summed E-state index contributed by atoms with van der Waals surface area (Å²) < 4.78 is 10.3. The number of carbonyl (C=O) groups excluding carboxylic acids is 1. The van der Waals surface area contributed by atoms with E-state index in [2.05, 4.69) is 12.2 Å². The van der Waals surface area contributed by atoms with Gasteiger partial charge in [-0.05, 0) is 37.8 Å². The van der Waals surface area contributed by atoms with Gasteiger partial charge in [-0.15, -0.1) is 0 Å². The Bertz CT molecular complexity index is 439. The van der Waals surface area contributed by atoms with E-state index in [-0.39, 0.29) is 5.97 Å². The van der Waals surface area contributed by atoms with Crippen molar-refractivity contribution in [2.75, 3.05) is 13.7 Å². The lowest BCUT2D eigenvalue weighted by molar-refractivity contribution is 0.0599. The third-order valence-electron chi connectivity index (χ3n) is 4.12. The minimum absolute atomic E-state index is 0.336. The Kier molecular flexibility index (Phi) is 4.64. The van der Waals surface area contributed by atoms with Crippen LogP contribution in [-0.4, -0.2) is 19.6 Å². The maximum absolute atomic E-state index is 11.5. The van der Waals surface area contributed by atoms with Crippen molar-refractivity contribution in [3.8, 4) is 0 Å². The summed E-state index contributed by atoms with van der Waals surface area (Å²) in [4.78, 5) is 11.5. The van der Waals surface area contributed by atoms with Crippen LogP contribution in [0.15, 0.2) is 10.5 Å². The Labute approximate surface area is 114 Å². The van der Waals surface area contributed by atoms with Gasteiger partial charge in [-0.3, -0.25) is 0 Å². The predicted octanol–water partition coefficient (Wildman–Crippen LogP) is 2.90. The Balaban J connectivity index is 1.84. The molecule has 0 radical (unpaired) electrons. The topological polar surface area (TPSA) is 51.5 Å². The normalized spacial score (nSPS) is 22.7. The zero-order valence-electron chi connectivity index (χ0n) is 12.0. The molecule has 1 aromatic rings. The monoisotopic (exact) mass is 265 g/mol. The Hall–Kier alpha value is -1.29. The number of hydrogen-bond acceptors (Lipinski definition) is 4. The van der Waals surface area contributed by atoms with Crippen LogP contribution in [0.2, 0.25) is 0 Å². The highest BCUT2D eigenvalue weighted by atomic mass is 16.5. The first-order chi connectivity index (χ1) is 9.11. The van der Waals surface area contributed by atoms with E-state index in [1.165, 1.54) is 26.4 Å². The summed E-state index contributed by atoms with van der Waals surface area (Å²) in [7, 11) is 1.38. The molecule has 0 aliphatic heterocycles. The van der Waals surface area contributed by atoms with E-state index in [0.29, 0.717) is 17.9 Å². The van der Waals surface area contributed by atoms with Gasteiger partial charge < -0.3 is 14.5 Å². The lowest BCUT2D eigenvalue weighted by atomic mass is 9.98. The highest BCUT2D eigenvalue weighted by molar-refractivity contribution is 5.90. The molecule has 1 heterocycles. The number of methoxy groups -OCH3 is 1. The van der Waals surface area contributed by atoms with Crippen LogP contribution in [0.5, 0.6) is 0 Å². The summed E-state index contributed by atoms with van der Waals surface area (Å²) in [5.74, 6) is 2.67. The van der Waals surface area contributed by atoms with Crippen LogP contribution in [0, 0.1) is 18.8 Å². The Morgan fingerprint density at radius 2 is 2.32 bits per heavy atom. The van der Waals surface area contributed by atoms with Crippen molar-refractivity contribution in [1.82, 2.24) is 5.32 Å². The standard InChI is InChI=1S/C15H23NO3/c1-10-5-4-6-12(10)8-16-9-13-7-14(11(2)19-13)15(17)18-3/h7,10,12,16H,4-6,8-9H2,1-3H3. The van der Waals surface area contributed by atoms with Gasteiger partial charge in [0.15, 0.2) is 0 Å². The van der Waals surface area contributed by atoms with Crippen molar-refractivity contribution in [3.63, 3.8) is 0 Å². The predicted molar refractivity (Wildman–Crippen MR) is 73.0 cm³/mol. The number of ether oxygens (including phenoxy) is 1. The smallest absolute Gasteiger partial charge is 0.341 e. The van der Waals surface area contributed by atoms with E-state index >= 15 is 0 Å². The van der Waals surface area contributed by atoms with Crippen molar-refractivity contribution in [2.24, 2.45) is 11.8 Å². The van der Waals surface area contributed by atoms with E-state index < -0.39 is 0 Å². The van der Waals surface area contributed by atoms with Gasteiger partial charge in [0, 0.05) is 0 Å². The van der Waals surface area contributed by atoms with E-state index in [0.717, 1.165) is 24.1 Å². The molecule has 0 spiro atoms. The van der Waals surface area contributed by atoms with Gasteiger partial charge >= 0.3 is 5.97 Å². The lowest BCUT2D eigenvalue weighted by Crippen LogP contribution is -2.23. The van der Waals surface area contributed by atoms with E-state index in [4.69, 9.17) is 9.15 Å². The summed E-state index contributed by atoms with van der Waals surface area (Å²) in [5.41, 5.74) is 0.522. The number of aryl methyl sites for hydroxylation is 1. The molecule has 2 unspecified atom stereocenters. The van der Waals surface area contributed by atoms with Crippen LogP contribution in [0.25, 0.3) is 0 Å². The van der Waals surface area contributed by atoms with Crippen molar-refractivity contribution in [1.29, 1.82) is 0 Å². The second kappa shape index (κ2) is 6.24. The molecule has 0 aromatic carbocycles. The lowest BCUT2D eigenvalue weighted by Gasteiger charge is -2.15. The highest BCUT2D eigenvalue weighted by Crippen LogP contribution is 2.30. The fraction of sp³-hybridized carbons (Fsp3) is 0.667. The third-order valence-corrected chi connectivity index (χ3v) is 4.12. The van der Waals surface area contributed by atoms with Gasteiger partial charge in [-0.25, -0.2) is 4.79 Å². The molecule has 106 valence electrons. The Morgan fingerprint density at radius 1 is 1.53 bits per heavy atom. The molecule has 1 saturated carbocycles. The number of esters is 1. The van der Waals surface area contributed by atoms with Gasteiger partial charge in [-0.1, -0.05) is 19.8 Å². The van der Waals surface area contributed by atoms with Gasteiger partial charge in [0.05, 0.1) is 13.7 Å². The van der Waals surface area contributed by atoms with Gasteiger partial charge in [0.25, 0.3) is 0 Å². The van der Waals surface area contributed by atoms with E-state index in [9.17, 15) is 4.79 Å². The van der Waals surface area contributed by atoms with Gasteiger partial charge in [0.1, 0.15) is 17.1 Å². The second-order valence-corrected chi connectivity index (χ2v) is 5.47. The number of nitrogens with one attached hydrogen (secondary N) is 1. The summed E-state index contributed by atoms with van der Waals surface area (Å²) in [6, 6.07) is 1.77. The van der Waals surface area contributed by atoms with Crippen molar-refractivity contribution in [2.45, 2.75) is 39.7 Å². The van der Waals surface area contributed by atoms with E-state index in [1.54, 1.807) is 13.0 Å². The fourth-order valence-corrected chi connectivity index (χ4v) is 2.85. The molecule has 2 atom stereocenters. The first-order valence-corrected chi connectivity index (χ1v) is 7.00. The maximum Gasteiger partial charge on any atom is 0.341 e. The minimum atomic E-state index is -0.336. The van der Waals surface area contributed by atoms with Crippen LogP contribution < -0.4 is 5.32 Å². The molecular formula is C15H23NO3. The molecule has 19 heavy (non-hydrogen) atoms. The average molecular weight is 265 g/mol. The molecule has 1 N–H and O–H groups in total. The number of rotatable bonds is 5. The van der Waals surface area contributed by atoms with Crippen molar-refractivity contribution >= 4 is 5.97 Å². The van der Waals surface area contributed by atoms with Crippen LogP contribution in [0.1, 0.15) is 48.1 Å². The van der Waals surface area contributed by atoms with Crippen LogP contribution in [-0.2, 0) is 11.3 Å². The zero-order chi connectivity index (χ0) is 13.8. The first kappa shape index (κ1) is 14.1. The largest absolute Gasteiger partial charge is 0.465 e. The number of carbonyl (C=O) groups is 1. The SMILES string of the molecule is COC(=O)c1cc(CNCC2CCCC2C)oc1C. The fourth-order valence-electron chi connectivity index (χ4n) is 2.85. The van der Waals surface area contributed by atoms with Crippen molar-refractivity contribution < 1.29 is 13.9 Å². The molecule has 1 aliphatic carbocycles.